The first-order valence-corrected chi connectivity index (χ1v) is 28.8. The maximum atomic E-state index is 14.0. The highest BCUT2D eigenvalue weighted by molar-refractivity contribution is 7.13. The molecule has 18 nitrogen and oxygen atoms in total. The van der Waals surface area contributed by atoms with Gasteiger partial charge in [-0.1, -0.05) is 41.5 Å². The van der Waals surface area contributed by atoms with Crippen molar-refractivity contribution in [3.05, 3.63) is 34.3 Å². The average molecular weight is 1200 g/mol. The second kappa shape index (κ2) is 25.9. The molecular formula is C54H73ClF6N10O8S2. The van der Waals surface area contributed by atoms with E-state index in [-0.39, 0.29) is 109 Å². The first-order chi connectivity index (χ1) is 37.5. The van der Waals surface area contributed by atoms with E-state index in [9.17, 15) is 45.5 Å². The summed E-state index contributed by atoms with van der Waals surface area (Å²) in [5.41, 5.74) is -1.83. The van der Waals surface area contributed by atoms with Crippen LogP contribution in [0.4, 0.5) is 47.6 Å². The second-order valence-corrected chi connectivity index (χ2v) is 26.5. The minimum Gasteiger partial charge on any atom is -0.470 e. The number of amides is 3. The molecule has 0 atom stereocenters. The number of halogens is 7. The summed E-state index contributed by atoms with van der Waals surface area (Å²) in [4.78, 5) is 79.2. The van der Waals surface area contributed by atoms with Crippen LogP contribution in [0, 0.1) is 10.8 Å². The van der Waals surface area contributed by atoms with Gasteiger partial charge in [-0.05, 0) is 78.8 Å². The smallest absolute Gasteiger partial charge is 0.416 e. The number of aromatic nitrogens is 6. The molecule has 2 aliphatic carbocycles. The van der Waals surface area contributed by atoms with Crippen molar-refractivity contribution in [3.63, 3.8) is 0 Å². The molecule has 0 aromatic carbocycles. The summed E-state index contributed by atoms with van der Waals surface area (Å²) in [5.74, 6) is -4.08. The molecule has 0 bridgehead atoms. The summed E-state index contributed by atoms with van der Waals surface area (Å²) in [6.07, 6.45) is -2.19. The van der Waals surface area contributed by atoms with E-state index in [4.69, 9.17) is 30.5 Å². The monoisotopic (exact) mass is 1200 g/mol. The Morgan fingerprint density at radius 2 is 1.09 bits per heavy atom. The largest absolute Gasteiger partial charge is 0.470 e. The number of ether oxygens (including phenoxy) is 4. The molecule has 2 aliphatic heterocycles. The van der Waals surface area contributed by atoms with Gasteiger partial charge in [-0.25, -0.2) is 55.9 Å². The predicted octanol–water partition coefficient (Wildman–Crippen LogP) is 12.9. The summed E-state index contributed by atoms with van der Waals surface area (Å²) in [5, 5.41) is 6.82. The van der Waals surface area contributed by atoms with E-state index >= 15 is 0 Å². The van der Waals surface area contributed by atoms with Crippen molar-refractivity contribution in [2.24, 2.45) is 10.8 Å². The molecule has 4 aliphatic rings. The lowest BCUT2D eigenvalue weighted by Gasteiger charge is -2.41. The fraction of sp³-hybridized carbons (Fsp3) is 0.667. The second-order valence-electron chi connectivity index (χ2n) is 24.4. The number of likely N-dealkylation sites (tertiary alicyclic amines) is 2. The molecule has 3 amide bonds. The van der Waals surface area contributed by atoms with Crippen LogP contribution in [0.3, 0.4) is 0 Å². The van der Waals surface area contributed by atoms with E-state index < -0.39 is 66.1 Å². The molecule has 448 valence electrons. The molecule has 8 rings (SSSR count). The molecule has 81 heavy (non-hydrogen) atoms. The van der Waals surface area contributed by atoms with Crippen LogP contribution in [-0.4, -0.2) is 137 Å². The number of nitrogens with zero attached hydrogens (tertiary/aromatic N) is 9. The molecule has 1 N–H and O–H groups in total. The van der Waals surface area contributed by atoms with E-state index in [1.54, 1.807) is 78.7 Å². The van der Waals surface area contributed by atoms with Crippen LogP contribution in [-0.2, 0) is 32.4 Å². The number of carbonyl (C=O) groups is 4. The van der Waals surface area contributed by atoms with Crippen molar-refractivity contribution >= 4 is 69.2 Å². The minimum atomic E-state index is -2.81. The maximum absolute atomic E-state index is 14.0. The number of thiazole rings is 2. The molecule has 27 heteroatoms. The summed E-state index contributed by atoms with van der Waals surface area (Å²) in [6, 6.07) is 2.33. The van der Waals surface area contributed by atoms with Gasteiger partial charge in [-0.2, -0.15) is 9.97 Å². The lowest BCUT2D eigenvalue weighted by molar-refractivity contribution is -0.148. The summed E-state index contributed by atoms with van der Waals surface area (Å²) >= 11 is 7.46. The first kappa shape index (κ1) is 64.5. The molecule has 0 unspecified atom stereocenters. The van der Waals surface area contributed by atoms with Gasteiger partial charge in [0.1, 0.15) is 48.4 Å². The Morgan fingerprint density at radius 3 is 1.52 bits per heavy atom. The van der Waals surface area contributed by atoms with Crippen LogP contribution in [0.15, 0.2) is 22.9 Å². The Kier molecular flexibility index (Phi) is 20.6. The highest BCUT2D eigenvalue weighted by Gasteiger charge is 2.42. The van der Waals surface area contributed by atoms with Gasteiger partial charge in [-0.3, -0.25) is 14.5 Å². The van der Waals surface area contributed by atoms with Crippen molar-refractivity contribution in [3.8, 4) is 33.4 Å². The van der Waals surface area contributed by atoms with Gasteiger partial charge in [0.15, 0.2) is 21.7 Å². The molecule has 4 aromatic heterocycles. The number of hydrogen-bond donors (Lipinski definition) is 1. The zero-order valence-corrected chi connectivity index (χ0v) is 50.2. The highest BCUT2D eigenvalue weighted by Crippen LogP contribution is 2.39. The lowest BCUT2D eigenvalue weighted by Crippen LogP contribution is -2.58. The van der Waals surface area contributed by atoms with Crippen LogP contribution < -0.4 is 19.7 Å². The topological polar surface area (TPSA) is 204 Å². The number of rotatable bonds is 12. The molecule has 0 spiro atoms. The Bertz CT molecular complexity index is 2810. The number of anilines is 2. The van der Waals surface area contributed by atoms with E-state index in [1.807, 2.05) is 20.8 Å². The molecule has 0 radical (unpaired) electrons. The summed E-state index contributed by atoms with van der Waals surface area (Å²) in [6.45, 7) is 21.4. The first-order valence-electron chi connectivity index (χ1n) is 26.6. The standard InChI is InChI=1S/C27H36F3N5O5S.C22H28F3N5O2S.C5H9ClO/c1-25(2,3)39-23(36)34-13-18(14-34)38-20-11-19(32-21(33-20)22-31-16(12-28)15-41-22)35(24(37)40-26(4,5)6)17-7-9-27(29,30)10-8-17;1-21(2,3)20(31)30-10-15(11-30)32-17-8-16(26-13-4-6-22(24,25)7-5-13)28-18(29-17)19-27-14(9-23)12-33-19;1-5(2,3)4(6)7/h11,15,17-18H,7-10,12-14H2,1-6H3;8,12-13,15H,4-7,9-11H2,1-3H3,(H,26,28,29);1-3H3. The van der Waals surface area contributed by atoms with Gasteiger partial charge in [0, 0.05) is 71.5 Å². The van der Waals surface area contributed by atoms with Gasteiger partial charge in [0.25, 0.3) is 0 Å². The third kappa shape index (κ3) is 19.2. The number of carbonyl (C=O) groups excluding carboxylic acids is 4. The number of nitrogens with one attached hydrogen (secondary N) is 1. The average Bonchev–Trinajstić information content (AvgIpc) is 4.02. The summed E-state index contributed by atoms with van der Waals surface area (Å²) < 4.78 is 104. The van der Waals surface area contributed by atoms with Crippen molar-refractivity contribution in [1.82, 2.24) is 39.7 Å². The zero-order valence-electron chi connectivity index (χ0n) is 47.8. The van der Waals surface area contributed by atoms with E-state index in [2.05, 4.69) is 35.2 Å². The van der Waals surface area contributed by atoms with Gasteiger partial charge < -0.3 is 34.1 Å². The Labute approximate surface area is 481 Å². The molecular weight excluding hydrogens is 1130 g/mol. The maximum Gasteiger partial charge on any atom is 0.416 e. The van der Waals surface area contributed by atoms with Crippen LogP contribution in [0.25, 0.3) is 21.7 Å². The Morgan fingerprint density at radius 1 is 0.642 bits per heavy atom. The van der Waals surface area contributed by atoms with Gasteiger partial charge in [-0.15, -0.1) is 22.7 Å². The van der Waals surface area contributed by atoms with Gasteiger partial charge in [0.2, 0.25) is 34.8 Å². The summed E-state index contributed by atoms with van der Waals surface area (Å²) in [7, 11) is 0. The van der Waals surface area contributed by atoms with Crippen molar-refractivity contribution in [1.29, 1.82) is 0 Å². The number of alkyl halides is 6. The molecule has 6 heterocycles. The van der Waals surface area contributed by atoms with Crippen molar-refractivity contribution < 1.29 is 64.5 Å². The zero-order chi connectivity index (χ0) is 60.0. The third-order valence-corrected chi connectivity index (χ3v) is 14.9. The Hall–Kier alpha value is -5.63. The van der Waals surface area contributed by atoms with Crippen molar-refractivity contribution in [2.75, 3.05) is 36.4 Å². The van der Waals surface area contributed by atoms with Crippen LogP contribution in [0.5, 0.6) is 11.8 Å². The van der Waals surface area contributed by atoms with Crippen LogP contribution in [0.1, 0.15) is 146 Å². The van der Waals surface area contributed by atoms with Crippen LogP contribution >= 0.6 is 34.3 Å². The quantitative estimate of drug-likeness (QED) is 0.103. The SMILES string of the molecule is CC(C)(C)C(=O)Cl.CC(C)(C)C(=O)N1CC(Oc2cc(NC3CCC(F)(F)CC3)nc(-c3nc(CF)cs3)n2)C1.CC(C)(C)OC(=O)N1CC(Oc2cc(N(C(=O)OC(C)(C)C)C3CCC(F)(F)CC3)nc(-c3nc(CF)cs3)n2)C1. The van der Waals surface area contributed by atoms with Gasteiger partial charge in [0.05, 0.1) is 37.6 Å². The Balaban J connectivity index is 0.000000237. The van der Waals surface area contributed by atoms with Gasteiger partial charge >= 0.3 is 12.2 Å². The normalized spacial score (nSPS) is 18.0. The highest BCUT2D eigenvalue weighted by atomic mass is 35.5. The van der Waals surface area contributed by atoms with Crippen LogP contribution in [0.2, 0.25) is 0 Å². The molecule has 2 saturated carbocycles. The molecule has 2 saturated heterocycles. The minimum absolute atomic E-state index is 0.0402. The lowest BCUT2D eigenvalue weighted by atomic mass is 9.91. The third-order valence-electron chi connectivity index (χ3n) is 12.6. The fourth-order valence-electron chi connectivity index (χ4n) is 8.19. The fourth-order valence-corrected chi connectivity index (χ4v) is 9.65. The number of hydrogen-bond acceptors (Lipinski definition) is 17. The predicted molar refractivity (Wildman–Crippen MR) is 296 cm³/mol. The molecule has 4 fully saturated rings. The van der Waals surface area contributed by atoms with E-state index in [0.29, 0.717) is 53.3 Å². The van der Waals surface area contributed by atoms with Crippen molar-refractivity contribution in [2.45, 2.75) is 195 Å². The van der Waals surface area contributed by atoms with E-state index in [1.165, 1.54) is 32.6 Å². The molecule has 4 aromatic rings. The van der Waals surface area contributed by atoms with E-state index in [0.717, 1.165) is 11.3 Å².